The van der Waals surface area contributed by atoms with Crippen LogP contribution in [0.2, 0.25) is 0 Å². The molecule has 4 heterocycles. The van der Waals surface area contributed by atoms with E-state index in [0.29, 0.717) is 36.0 Å². The first-order chi connectivity index (χ1) is 17.5. The quantitative estimate of drug-likeness (QED) is 0.441. The van der Waals surface area contributed by atoms with Crippen molar-refractivity contribution in [1.82, 2.24) is 29.6 Å². The van der Waals surface area contributed by atoms with Gasteiger partial charge in [-0.2, -0.15) is 0 Å². The van der Waals surface area contributed by atoms with Crippen LogP contribution in [0.3, 0.4) is 0 Å². The van der Waals surface area contributed by atoms with Gasteiger partial charge in [-0.25, -0.2) is 14.8 Å². The third-order valence-electron chi connectivity index (χ3n) is 6.02. The standard InChI is InChI=1S/C26H26N8O2/c1-17(2)34-16-28-32-24(34)21-8-5-9-22(29-21)30-26(36)31-23-14-19(10-12-27-23)25(35)33-13-11-18-6-3-4-7-20(18)15-33/h3-10,12,14,16-17H,11,13,15H2,1-2H3,(H2,27,29,30,31,36). The van der Waals surface area contributed by atoms with Crippen molar-refractivity contribution in [2.75, 3.05) is 17.2 Å². The summed E-state index contributed by atoms with van der Waals surface area (Å²) >= 11 is 0. The molecule has 5 rings (SSSR count). The molecular formula is C26H26N8O2. The fraction of sp³-hybridized carbons (Fsp3) is 0.231. The number of rotatable bonds is 5. The number of hydrogen-bond donors (Lipinski definition) is 2. The number of urea groups is 1. The van der Waals surface area contributed by atoms with Gasteiger partial charge in [0.2, 0.25) is 0 Å². The Bertz CT molecular complexity index is 1410. The smallest absolute Gasteiger partial charge is 0.326 e. The largest absolute Gasteiger partial charge is 0.334 e. The van der Waals surface area contributed by atoms with E-state index in [-0.39, 0.29) is 17.8 Å². The maximum atomic E-state index is 13.1. The topological polar surface area (TPSA) is 118 Å². The van der Waals surface area contributed by atoms with Crippen molar-refractivity contribution in [2.24, 2.45) is 0 Å². The summed E-state index contributed by atoms with van der Waals surface area (Å²) in [4.78, 5) is 36.2. The number of amides is 3. The number of aromatic nitrogens is 5. The van der Waals surface area contributed by atoms with Gasteiger partial charge in [-0.05, 0) is 55.7 Å². The number of carbonyl (C=O) groups is 2. The molecule has 0 spiro atoms. The van der Waals surface area contributed by atoms with E-state index in [9.17, 15) is 9.59 Å². The fourth-order valence-corrected chi connectivity index (χ4v) is 4.18. The summed E-state index contributed by atoms with van der Waals surface area (Å²) in [6.45, 7) is 5.26. The predicted molar refractivity (Wildman–Crippen MR) is 135 cm³/mol. The monoisotopic (exact) mass is 482 g/mol. The molecule has 0 unspecified atom stereocenters. The second-order valence-corrected chi connectivity index (χ2v) is 8.82. The lowest BCUT2D eigenvalue weighted by Gasteiger charge is -2.29. The van der Waals surface area contributed by atoms with Crippen molar-refractivity contribution < 1.29 is 9.59 Å². The first kappa shape index (κ1) is 23.2. The lowest BCUT2D eigenvalue weighted by Crippen LogP contribution is -2.36. The fourth-order valence-electron chi connectivity index (χ4n) is 4.18. The van der Waals surface area contributed by atoms with Gasteiger partial charge < -0.3 is 9.47 Å². The first-order valence-corrected chi connectivity index (χ1v) is 11.7. The third-order valence-corrected chi connectivity index (χ3v) is 6.02. The van der Waals surface area contributed by atoms with E-state index in [0.717, 1.165) is 12.0 Å². The zero-order valence-electron chi connectivity index (χ0n) is 20.0. The predicted octanol–water partition coefficient (Wildman–Crippen LogP) is 4.16. The molecule has 3 amide bonds. The molecule has 0 saturated heterocycles. The zero-order valence-corrected chi connectivity index (χ0v) is 20.0. The van der Waals surface area contributed by atoms with Crippen LogP contribution in [0, 0.1) is 0 Å². The molecule has 0 radical (unpaired) electrons. The van der Waals surface area contributed by atoms with E-state index in [2.05, 4.69) is 36.9 Å². The van der Waals surface area contributed by atoms with Gasteiger partial charge in [0, 0.05) is 30.9 Å². The van der Waals surface area contributed by atoms with Crippen LogP contribution in [0.25, 0.3) is 11.5 Å². The van der Waals surface area contributed by atoms with Gasteiger partial charge >= 0.3 is 6.03 Å². The second kappa shape index (κ2) is 9.95. The van der Waals surface area contributed by atoms with Gasteiger partial charge in [-0.15, -0.1) is 10.2 Å². The molecule has 0 atom stereocenters. The van der Waals surface area contributed by atoms with Gasteiger partial charge in [-0.1, -0.05) is 30.3 Å². The highest BCUT2D eigenvalue weighted by Crippen LogP contribution is 2.22. The lowest BCUT2D eigenvalue weighted by atomic mass is 9.99. The molecule has 10 nitrogen and oxygen atoms in total. The van der Waals surface area contributed by atoms with Crippen LogP contribution in [0.4, 0.5) is 16.4 Å². The van der Waals surface area contributed by atoms with Crippen molar-refractivity contribution in [3.8, 4) is 11.5 Å². The summed E-state index contributed by atoms with van der Waals surface area (Å²) in [6.07, 6.45) is 3.98. The van der Waals surface area contributed by atoms with E-state index in [1.165, 1.54) is 11.8 Å². The van der Waals surface area contributed by atoms with E-state index in [4.69, 9.17) is 0 Å². The average molecular weight is 483 g/mol. The number of pyridine rings is 2. The summed E-state index contributed by atoms with van der Waals surface area (Å²) in [7, 11) is 0. The van der Waals surface area contributed by atoms with Gasteiger partial charge in [0.1, 0.15) is 23.7 Å². The summed E-state index contributed by atoms with van der Waals surface area (Å²) < 4.78 is 1.90. The summed E-state index contributed by atoms with van der Waals surface area (Å²) in [6, 6.07) is 16.3. The molecule has 0 saturated carbocycles. The molecule has 0 bridgehead atoms. The molecule has 0 aliphatic carbocycles. The molecule has 2 N–H and O–H groups in total. The molecule has 1 aromatic carbocycles. The number of benzene rings is 1. The summed E-state index contributed by atoms with van der Waals surface area (Å²) in [5, 5.41) is 13.5. The Morgan fingerprint density at radius 1 is 0.972 bits per heavy atom. The van der Waals surface area contributed by atoms with Gasteiger partial charge in [-0.3, -0.25) is 15.4 Å². The number of carbonyl (C=O) groups excluding carboxylic acids is 2. The highest BCUT2D eigenvalue weighted by molar-refractivity contribution is 6.00. The minimum absolute atomic E-state index is 0.0982. The van der Waals surface area contributed by atoms with Crippen LogP contribution in [0.1, 0.15) is 41.4 Å². The maximum Gasteiger partial charge on any atom is 0.326 e. The van der Waals surface area contributed by atoms with Crippen LogP contribution < -0.4 is 10.6 Å². The SMILES string of the molecule is CC(C)n1cnnc1-c1cccc(NC(=O)Nc2cc(C(=O)N3CCc4ccccc4C3)ccn2)n1. The van der Waals surface area contributed by atoms with Crippen LogP contribution >= 0.6 is 0 Å². The van der Waals surface area contributed by atoms with E-state index >= 15 is 0 Å². The van der Waals surface area contributed by atoms with Gasteiger partial charge in [0.15, 0.2) is 5.82 Å². The van der Waals surface area contributed by atoms with E-state index in [1.807, 2.05) is 47.6 Å². The highest BCUT2D eigenvalue weighted by Gasteiger charge is 2.22. The number of nitrogens with one attached hydrogen (secondary N) is 2. The lowest BCUT2D eigenvalue weighted by molar-refractivity contribution is 0.0734. The second-order valence-electron chi connectivity index (χ2n) is 8.82. The molecule has 0 fully saturated rings. The van der Waals surface area contributed by atoms with Crippen molar-refractivity contribution in [3.05, 3.63) is 83.8 Å². The van der Waals surface area contributed by atoms with Gasteiger partial charge in [0.25, 0.3) is 5.91 Å². The molecule has 36 heavy (non-hydrogen) atoms. The molecular weight excluding hydrogens is 456 g/mol. The minimum Gasteiger partial charge on any atom is -0.334 e. The number of hydrogen-bond acceptors (Lipinski definition) is 6. The summed E-state index contributed by atoms with van der Waals surface area (Å²) in [5.41, 5.74) is 3.49. The molecule has 3 aromatic heterocycles. The molecule has 10 heteroatoms. The highest BCUT2D eigenvalue weighted by atomic mass is 16.2. The van der Waals surface area contributed by atoms with Crippen molar-refractivity contribution in [3.63, 3.8) is 0 Å². The first-order valence-electron chi connectivity index (χ1n) is 11.7. The Labute approximate surface area is 208 Å². The Balaban J connectivity index is 1.25. The number of nitrogens with zero attached hydrogens (tertiary/aromatic N) is 6. The molecule has 1 aliphatic heterocycles. The Kier molecular flexibility index (Phi) is 6.40. The molecule has 1 aliphatic rings. The van der Waals surface area contributed by atoms with Crippen LogP contribution in [0.5, 0.6) is 0 Å². The maximum absolute atomic E-state index is 13.1. The van der Waals surface area contributed by atoms with Crippen molar-refractivity contribution in [2.45, 2.75) is 32.9 Å². The van der Waals surface area contributed by atoms with E-state index in [1.54, 1.807) is 30.6 Å². The van der Waals surface area contributed by atoms with E-state index < -0.39 is 6.03 Å². The normalized spacial score (nSPS) is 12.8. The van der Waals surface area contributed by atoms with Crippen LogP contribution in [-0.2, 0) is 13.0 Å². The summed E-state index contributed by atoms with van der Waals surface area (Å²) in [5.74, 6) is 1.13. The Morgan fingerprint density at radius 2 is 1.78 bits per heavy atom. The molecule has 4 aromatic rings. The van der Waals surface area contributed by atoms with Crippen LogP contribution in [0.15, 0.2) is 67.1 Å². The third kappa shape index (κ3) is 4.92. The van der Waals surface area contributed by atoms with Gasteiger partial charge in [0.05, 0.1) is 0 Å². The number of fused-ring (bicyclic) bond motifs is 1. The van der Waals surface area contributed by atoms with Crippen molar-refractivity contribution >= 4 is 23.6 Å². The minimum atomic E-state index is -0.519. The Hall–Kier alpha value is -4.60. The van der Waals surface area contributed by atoms with Crippen LogP contribution in [-0.4, -0.2) is 48.1 Å². The zero-order chi connectivity index (χ0) is 25.1. The molecule has 182 valence electrons. The number of anilines is 2. The average Bonchev–Trinajstić information content (AvgIpc) is 3.39. The Morgan fingerprint density at radius 3 is 2.61 bits per heavy atom. The van der Waals surface area contributed by atoms with Crippen molar-refractivity contribution in [1.29, 1.82) is 0 Å².